The Morgan fingerprint density at radius 2 is 0.519 bits per heavy atom. The lowest BCUT2D eigenvalue weighted by Gasteiger charge is -2.32. The van der Waals surface area contributed by atoms with E-state index in [0.717, 1.165) is 0 Å². The van der Waals surface area contributed by atoms with Gasteiger partial charge >= 0.3 is 22.9 Å². The Morgan fingerprint density at radius 3 is 0.769 bits per heavy atom. The van der Waals surface area contributed by atoms with Gasteiger partial charge in [0, 0.05) is 0 Å². The van der Waals surface area contributed by atoms with Gasteiger partial charge in [-0.1, -0.05) is 4.52 Å². The summed E-state index contributed by atoms with van der Waals surface area (Å²) in [4.78, 5) is 0. The van der Waals surface area contributed by atoms with Crippen molar-refractivity contribution in [2.75, 3.05) is 35.5 Å². The van der Waals surface area contributed by atoms with Gasteiger partial charge in [0.2, 0.25) is 0 Å². The molecule has 1 aliphatic heterocycles. The van der Waals surface area contributed by atoms with Gasteiger partial charge < -0.3 is 46.3 Å². The lowest BCUT2D eigenvalue weighted by Crippen LogP contribution is -2.12. The lowest BCUT2D eigenvalue weighted by molar-refractivity contribution is 0.411. The molecule has 6 rings (SSSR count). The summed E-state index contributed by atoms with van der Waals surface area (Å²) in [5, 5.41) is 0. The third-order valence-electron chi connectivity index (χ3n) is 7.14. The number of nitrogens with two attached hydrogens (primary N) is 1. The second kappa shape index (κ2) is 16.0. The first-order chi connectivity index (χ1) is 25.2. The Bertz CT molecular complexity index is 1920. The summed E-state index contributed by atoms with van der Waals surface area (Å²) in [5.74, 6) is 4.80. The third kappa shape index (κ3) is 8.96. The van der Waals surface area contributed by atoms with Crippen LogP contribution in [0.5, 0.6) is 57.5 Å². The van der Waals surface area contributed by atoms with Crippen LogP contribution in [0.25, 0.3) is 0 Å². The van der Waals surface area contributed by atoms with Gasteiger partial charge in [-0.05, 0) is 121 Å². The molecule has 52 heavy (non-hydrogen) atoms. The first kappa shape index (κ1) is 36.5. The predicted octanol–water partition coefficient (Wildman–Crippen LogP) is 10.2. The molecule has 0 fully saturated rings. The number of nitrogens with zero attached hydrogens (tertiary/aromatic N) is 3. The summed E-state index contributed by atoms with van der Waals surface area (Å²) in [6.45, 7) is 0. The summed E-state index contributed by atoms with van der Waals surface area (Å²) in [5.41, 5.74) is 7.13. The van der Waals surface area contributed by atoms with Crippen molar-refractivity contribution >= 4 is 22.9 Å². The molecule has 14 nitrogen and oxygen atoms in total. The average Bonchev–Trinajstić information content (AvgIpc) is 3.16. The van der Waals surface area contributed by atoms with E-state index in [1.165, 1.54) is 0 Å². The highest BCUT2D eigenvalue weighted by Gasteiger charge is 2.45. The molecule has 0 radical (unpaired) electrons. The van der Waals surface area contributed by atoms with Gasteiger partial charge in [-0.2, -0.15) is 0 Å². The molecular formula is C35H37N4O10P3. The van der Waals surface area contributed by atoms with E-state index in [9.17, 15) is 0 Å². The van der Waals surface area contributed by atoms with Gasteiger partial charge in [0.1, 0.15) is 57.5 Å². The Kier molecular flexibility index (Phi) is 11.2. The topological polar surface area (TPSA) is 155 Å². The van der Waals surface area contributed by atoms with E-state index in [1.54, 1.807) is 157 Å². The highest BCUT2D eigenvalue weighted by molar-refractivity contribution is 7.79. The van der Waals surface area contributed by atoms with E-state index in [-0.39, 0.29) is 0 Å². The second-order valence-electron chi connectivity index (χ2n) is 10.7. The van der Waals surface area contributed by atoms with Crippen molar-refractivity contribution < 1.29 is 46.3 Å². The standard InChI is InChI=1S/C35H37N4O10P3/c1-40-26-6-16-31(17-7-26)45-50(36)37-51(46-32-18-8-27(41-2)9-19-32,47-33-20-10-28(42-3)11-21-33)39-52(38-50,48-34-22-12-29(43-4)13-23-34)49-35-24-14-30(44-5)15-25-35/h6-25H,36H2,1-5H3. The van der Waals surface area contributed by atoms with Crippen LogP contribution in [0.3, 0.4) is 0 Å². The summed E-state index contributed by atoms with van der Waals surface area (Å²) in [6.07, 6.45) is 0. The number of rotatable bonds is 15. The maximum absolute atomic E-state index is 7.13. The van der Waals surface area contributed by atoms with Crippen LogP contribution in [-0.2, 0) is 0 Å². The maximum Gasteiger partial charge on any atom is 0.459 e. The maximum atomic E-state index is 7.13. The molecule has 0 saturated carbocycles. The summed E-state index contributed by atoms with van der Waals surface area (Å²) in [7, 11) is -3.96. The fourth-order valence-corrected chi connectivity index (χ4v) is 13.3. The monoisotopic (exact) mass is 766 g/mol. The average molecular weight is 767 g/mol. The summed E-state index contributed by atoms with van der Waals surface area (Å²) < 4.78 is 74.8. The summed E-state index contributed by atoms with van der Waals surface area (Å²) >= 11 is 0. The molecule has 5 aromatic carbocycles. The van der Waals surface area contributed by atoms with Crippen LogP contribution in [0.1, 0.15) is 0 Å². The molecule has 0 aliphatic carbocycles. The Hall–Kier alpha value is -5.25. The predicted molar refractivity (Wildman–Crippen MR) is 200 cm³/mol. The molecule has 17 heteroatoms. The van der Waals surface area contributed by atoms with Crippen molar-refractivity contribution in [3.05, 3.63) is 121 Å². The van der Waals surface area contributed by atoms with E-state index in [0.29, 0.717) is 57.5 Å². The Balaban J connectivity index is 1.60. The number of benzene rings is 5. The van der Waals surface area contributed by atoms with Crippen LogP contribution in [0.2, 0.25) is 0 Å². The van der Waals surface area contributed by atoms with Crippen molar-refractivity contribution in [1.82, 2.24) is 0 Å². The lowest BCUT2D eigenvalue weighted by atomic mass is 10.3. The highest BCUT2D eigenvalue weighted by Crippen LogP contribution is 2.76. The van der Waals surface area contributed by atoms with E-state index in [2.05, 4.69) is 0 Å². The van der Waals surface area contributed by atoms with Crippen LogP contribution in [0.15, 0.2) is 135 Å². The van der Waals surface area contributed by atoms with E-state index in [4.69, 9.17) is 65.4 Å². The van der Waals surface area contributed by atoms with E-state index >= 15 is 0 Å². The number of methoxy groups -OCH3 is 5. The normalized spacial score (nSPS) is 16.7. The molecule has 0 saturated heterocycles. The Labute approximate surface area is 302 Å². The van der Waals surface area contributed by atoms with Crippen LogP contribution < -0.4 is 51.8 Å². The minimum Gasteiger partial charge on any atom is -0.497 e. The number of hydrogen-bond donors (Lipinski definition) is 1. The zero-order valence-electron chi connectivity index (χ0n) is 28.9. The molecule has 272 valence electrons. The van der Waals surface area contributed by atoms with Crippen LogP contribution in [-0.4, -0.2) is 35.5 Å². The summed E-state index contributed by atoms with van der Waals surface area (Å²) in [6, 6.07) is 34.3. The molecule has 0 spiro atoms. The van der Waals surface area contributed by atoms with Crippen molar-refractivity contribution in [2.45, 2.75) is 0 Å². The van der Waals surface area contributed by atoms with Crippen molar-refractivity contribution in [2.24, 2.45) is 19.1 Å². The van der Waals surface area contributed by atoms with E-state index in [1.807, 2.05) is 0 Å². The van der Waals surface area contributed by atoms with Crippen LogP contribution >= 0.6 is 22.9 Å². The molecule has 0 aromatic heterocycles. The van der Waals surface area contributed by atoms with Gasteiger partial charge in [0.25, 0.3) is 0 Å². The first-order valence-electron chi connectivity index (χ1n) is 15.6. The number of ether oxygens (including phenoxy) is 5. The molecule has 1 atom stereocenters. The zero-order chi connectivity index (χ0) is 36.6. The molecule has 0 bridgehead atoms. The first-order valence-corrected chi connectivity index (χ1v) is 20.3. The Morgan fingerprint density at radius 1 is 0.308 bits per heavy atom. The largest absolute Gasteiger partial charge is 0.497 e. The van der Waals surface area contributed by atoms with Gasteiger partial charge in [-0.15, -0.1) is 9.03 Å². The minimum absolute atomic E-state index is 0.347. The molecule has 2 N–H and O–H groups in total. The van der Waals surface area contributed by atoms with Gasteiger partial charge in [-0.25, -0.2) is 5.50 Å². The smallest absolute Gasteiger partial charge is 0.459 e. The van der Waals surface area contributed by atoms with Crippen molar-refractivity contribution in [3.8, 4) is 57.5 Å². The molecule has 1 heterocycles. The SMILES string of the molecule is COc1ccc(OP2(N)=NP(Oc3ccc(OC)cc3)(Oc3ccc(OC)cc3)=NP(Oc3ccc(OC)cc3)(Oc3ccc(OC)cc3)=N2)cc1. The second-order valence-corrected chi connectivity index (χ2v) is 16.9. The zero-order valence-corrected chi connectivity index (χ0v) is 31.6. The van der Waals surface area contributed by atoms with Gasteiger partial charge in [-0.3, -0.25) is 0 Å². The van der Waals surface area contributed by atoms with Crippen molar-refractivity contribution in [3.63, 3.8) is 0 Å². The third-order valence-corrected chi connectivity index (χ3v) is 15.1. The van der Waals surface area contributed by atoms with Gasteiger partial charge in [0.05, 0.1) is 35.5 Å². The van der Waals surface area contributed by atoms with Crippen LogP contribution in [0, 0.1) is 0 Å². The molecular weight excluding hydrogens is 729 g/mol. The molecule has 5 aromatic rings. The van der Waals surface area contributed by atoms with E-state index < -0.39 is 22.9 Å². The highest BCUT2D eigenvalue weighted by atomic mass is 31.3. The fraction of sp³-hybridized carbons (Fsp3) is 0.143. The number of hydrogen-bond acceptors (Lipinski definition) is 14. The van der Waals surface area contributed by atoms with Crippen LogP contribution in [0.4, 0.5) is 0 Å². The fourth-order valence-electron chi connectivity index (χ4n) is 4.63. The molecule has 0 amide bonds. The quantitative estimate of drug-likeness (QED) is 0.101. The van der Waals surface area contributed by atoms with Gasteiger partial charge in [0.15, 0.2) is 0 Å². The molecule has 1 unspecified atom stereocenters. The van der Waals surface area contributed by atoms with Crippen molar-refractivity contribution in [1.29, 1.82) is 0 Å². The molecule has 1 aliphatic rings. The minimum atomic E-state index is -3.98.